The van der Waals surface area contributed by atoms with Crippen molar-refractivity contribution in [2.75, 3.05) is 0 Å². The van der Waals surface area contributed by atoms with Gasteiger partial charge in [-0.05, 0) is 110 Å². The third-order valence-corrected chi connectivity index (χ3v) is 8.66. The van der Waals surface area contributed by atoms with Crippen molar-refractivity contribution in [2.24, 2.45) is 11.8 Å². The Morgan fingerprint density at radius 3 is 1.28 bits per heavy atom. The minimum atomic E-state index is 0.397. The number of ketones is 1. The molecule has 172 valence electrons. The SMILES string of the molecule is Cc1cccc(C)c1C(CC(=O)CC(c1c(C)cccc1C)C1CCCC1)C1CCCC1. The highest BCUT2D eigenvalue weighted by atomic mass is 16.1. The standard InChI is InChI=1S/C31H42O/c1-21-11-9-12-22(2)30(21)28(25-15-5-6-16-25)19-27(32)20-29(26-17-7-8-18-26)31-23(3)13-10-14-24(31)4/h9-14,25-26,28-29H,5-8,15-20H2,1-4H3. The Balaban J connectivity index is 1.60. The van der Waals surface area contributed by atoms with Crippen LogP contribution in [0, 0.1) is 39.5 Å². The maximum atomic E-state index is 13.8. The van der Waals surface area contributed by atoms with Crippen molar-refractivity contribution in [2.45, 2.75) is 104 Å². The Morgan fingerprint density at radius 1 is 0.656 bits per heavy atom. The van der Waals surface area contributed by atoms with E-state index in [9.17, 15) is 4.79 Å². The molecular weight excluding hydrogens is 388 g/mol. The number of aryl methyl sites for hydroxylation is 4. The number of rotatable bonds is 8. The minimum absolute atomic E-state index is 0.397. The van der Waals surface area contributed by atoms with Gasteiger partial charge in [-0.3, -0.25) is 4.79 Å². The van der Waals surface area contributed by atoms with Crippen molar-refractivity contribution in [3.63, 3.8) is 0 Å². The van der Waals surface area contributed by atoms with Crippen molar-refractivity contribution in [3.8, 4) is 0 Å². The molecule has 0 spiro atoms. The molecule has 4 rings (SSSR count). The minimum Gasteiger partial charge on any atom is -0.300 e. The lowest BCUT2D eigenvalue weighted by Gasteiger charge is -2.30. The van der Waals surface area contributed by atoms with E-state index in [-0.39, 0.29) is 0 Å². The molecule has 2 atom stereocenters. The van der Waals surface area contributed by atoms with Crippen LogP contribution in [0.5, 0.6) is 0 Å². The highest BCUT2D eigenvalue weighted by molar-refractivity contribution is 5.80. The first-order valence-corrected chi connectivity index (χ1v) is 13.1. The van der Waals surface area contributed by atoms with E-state index in [1.807, 2.05) is 0 Å². The van der Waals surface area contributed by atoms with Crippen LogP contribution in [0.3, 0.4) is 0 Å². The van der Waals surface area contributed by atoms with Gasteiger partial charge in [0.15, 0.2) is 0 Å². The Hall–Kier alpha value is -1.89. The summed E-state index contributed by atoms with van der Waals surface area (Å²) in [6.07, 6.45) is 11.9. The third-order valence-electron chi connectivity index (χ3n) is 8.66. The Morgan fingerprint density at radius 2 is 0.969 bits per heavy atom. The molecule has 2 unspecified atom stereocenters. The molecule has 0 amide bonds. The number of benzene rings is 2. The third kappa shape index (κ3) is 5.03. The van der Waals surface area contributed by atoms with E-state index in [4.69, 9.17) is 0 Å². The predicted octanol–water partition coefficient (Wildman–Crippen LogP) is 8.52. The van der Waals surface area contributed by atoms with Crippen LogP contribution < -0.4 is 0 Å². The summed E-state index contributed by atoms with van der Waals surface area (Å²) in [5.41, 5.74) is 8.43. The molecule has 2 fully saturated rings. The lowest BCUT2D eigenvalue weighted by atomic mass is 9.74. The number of carbonyl (C=O) groups is 1. The summed E-state index contributed by atoms with van der Waals surface area (Å²) >= 11 is 0. The molecule has 0 aromatic heterocycles. The largest absolute Gasteiger partial charge is 0.300 e. The summed E-state index contributed by atoms with van der Waals surface area (Å²) in [4.78, 5) is 13.8. The average Bonchev–Trinajstić information content (AvgIpc) is 3.46. The van der Waals surface area contributed by atoms with Crippen LogP contribution in [0.15, 0.2) is 36.4 Å². The van der Waals surface area contributed by atoms with Gasteiger partial charge >= 0.3 is 0 Å². The zero-order chi connectivity index (χ0) is 22.7. The fourth-order valence-corrected chi connectivity index (χ4v) is 7.13. The normalized spacial score (nSPS) is 19.4. The van der Waals surface area contributed by atoms with Gasteiger partial charge in [0.25, 0.3) is 0 Å². The van der Waals surface area contributed by atoms with Gasteiger partial charge in [-0.25, -0.2) is 0 Å². The molecule has 2 aromatic rings. The molecule has 32 heavy (non-hydrogen) atoms. The van der Waals surface area contributed by atoms with Gasteiger partial charge in [-0.1, -0.05) is 62.1 Å². The maximum Gasteiger partial charge on any atom is 0.134 e. The van der Waals surface area contributed by atoms with Crippen LogP contribution in [0.4, 0.5) is 0 Å². The van der Waals surface area contributed by atoms with E-state index in [2.05, 4.69) is 64.1 Å². The summed E-state index contributed by atoms with van der Waals surface area (Å²) in [6.45, 7) is 8.97. The molecule has 1 heteroatoms. The second kappa shape index (κ2) is 10.4. The van der Waals surface area contributed by atoms with Crippen molar-refractivity contribution in [1.82, 2.24) is 0 Å². The maximum absolute atomic E-state index is 13.8. The second-order valence-corrected chi connectivity index (χ2v) is 10.9. The monoisotopic (exact) mass is 430 g/mol. The average molecular weight is 431 g/mol. The molecule has 2 aliphatic carbocycles. The zero-order valence-electron chi connectivity index (χ0n) is 20.8. The molecule has 0 saturated heterocycles. The number of hydrogen-bond donors (Lipinski definition) is 0. The van der Waals surface area contributed by atoms with Gasteiger partial charge in [-0.2, -0.15) is 0 Å². The van der Waals surface area contributed by atoms with Crippen LogP contribution in [-0.2, 0) is 4.79 Å². The summed E-state index contributed by atoms with van der Waals surface area (Å²) < 4.78 is 0. The molecule has 0 bridgehead atoms. The van der Waals surface area contributed by atoms with Crippen LogP contribution in [-0.4, -0.2) is 5.78 Å². The van der Waals surface area contributed by atoms with E-state index < -0.39 is 0 Å². The van der Waals surface area contributed by atoms with Crippen LogP contribution in [0.25, 0.3) is 0 Å². The molecule has 0 N–H and O–H groups in total. The molecule has 1 nitrogen and oxygen atoms in total. The lowest BCUT2D eigenvalue weighted by molar-refractivity contribution is -0.120. The highest BCUT2D eigenvalue weighted by Crippen LogP contribution is 2.45. The zero-order valence-corrected chi connectivity index (χ0v) is 20.8. The molecule has 0 radical (unpaired) electrons. The Bertz CT molecular complexity index is 811. The first-order chi connectivity index (χ1) is 15.5. The van der Waals surface area contributed by atoms with Gasteiger partial charge in [0.05, 0.1) is 0 Å². The van der Waals surface area contributed by atoms with Gasteiger partial charge in [0, 0.05) is 12.8 Å². The summed E-state index contributed by atoms with van der Waals surface area (Å²) in [7, 11) is 0. The quantitative estimate of drug-likeness (QED) is 0.410. The van der Waals surface area contributed by atoms with E-state index in [0.29, 0.717) is 29.5 Å². The molecule has 2 aliphatic rings. The number of carbonyl (C=O) groups excluding carboxylic acids is 1. The van der Waals surface area contributed by atoms with Crippen molar-refractivity contribution in [3.05, 3.63) is 69.8 Å². The van der Waals surface area contributed by atoms with Crippen molar-refractivity contribution in [1.29, 1.82) is 0 Å². The number of hydrogen-bond acceptors (Lipinski definition) is 1. The first kappa shape index (κ1) is 23.3. The van der Waals surface area contributed by atoms with Gasteiger partial charge in [0.1, 0.15) is 5.78 Å². The predicted molar refractivity (Wildman–Crippen MR) is 135 cm³/mol. The molecule has 0 heterocycles. The highest BCUT2D eigenvalue weighted by Gasteiger charge is 2.34. The van der Waals surface area contributed by atoms with Crippen LogP contribution in [0.2, 0.25) is 0 Å². The van der Waals surface area contributed by atoms with E-state index in [1.165, 1.54) is 84.7 Å². The summed E-state index contributed by atoms with van der Waals surface area (Å²) in [5.74, 6) is 2.62. The smallest absolute Gasteiger partial charge is 0.134 e. The van der Waals surface area contributed by atoms with E-state index >= 15 is 0 Å². The fraction of sp³-hybridized carbons (Fsp3) is 0.581. The Kier molecular flexibility index (Phi) is 7.54. The number of Topliss-reactive ketones (excluding diaryl/α,β-unsaturated/α-hetero) is 1. The van der Waals surface area contributed by atoms with E-state index in [1.54, 1.807) is 0 Å². The van der Waals surface area contributed by atoms with Crippen molar-refractivity contribution >= 4 is 5.78 Å². The van der Waals surface area contributed by atoms with Crippen LogP contribution >= 0.6 is 0 Å². The molecule has 2 saturated carbocycles. The molecule has 2 aromatic carbocycles. The topological polar surface area (TPSA) is 17.1 Å². The van der Waals surface area contributed by atoms with E-state index in [0.717, 1.165) is 12.8 Å². The first-order valence-electron chi connectivity index (χ1n) is 13.1. The fourth-order valence-electron chi connectivity index (χ4n) is 7.13. The van der Waals surface area contributed by atoms with Crippen LogP contribution in [0.1, 0.15) is 109 Å². The summed E-state index contributed by atoms with van der Waals surface area (Å²) in [6, 6.07) is 13.3. The van der Waals surface area contributed by atoms with Gasteiger partial charge in [-0.15, -0.1) is 0 Å². The molecule has 0 aliphatic heterocycles. The Labute approximate surface area is 196 Å². The van der Waals surface area contributed by atoms with Crippen molar-refractivity contribution < 1.29 is 4.79 Å². The van der Waals surface area contributed by atoms with Gasteiger partial charge in [0.2, 0.25) is 0 Å². The summed E-state index contributed by atoms with van der Waals surface area (Å²) in [5, 5.41) is 0. The van der Waals surface area contributed by atoms with Gasteiger partial charge < -0.3 is 0 Å². The second-order valence-electron chi connectivity index (χ2n) is 10.9. The molecular formula is C31H42O. The lowest BCUT2D eigenvalue weighted by Crippen LogP contribution is -2.21.